The van der Waals surface area contributed by atoms with Crippen molar-refractivity contribution in [3.05, 3.63) is 29.8 Å². The molecule has 0 aromatic heterocycles. The predicted molar refractivity (Wildman–Crippen MR) is 54.3 cm³/mol. The van der Waals surface area contributed by atoms with E-state index in [4.69, 9.17) is 9.47 Å². The van der Waals surface area contributed by atoms with Gasteiger partial charge in [-0.3, -0.25) is 5.32 Å². The molecule has 0 aliphatic carbocycles. The molecule has 1 aliphatic heterocycles. The van der Waals surface area contributed by atoms with E-state index in [-0.39, 0.29) is 6.23 Å². The van der Waals surface area contributed by atoms with Crippen LogP contribution in [0.2, 0.25) is 0 Å². The minimum absolute atomic E-state index is 0.0267. The Hall–Kier alpha value is -1.06. The summed E-state index contributed by atoms with van der Waals surface area (Å²) in [6, 6.07) is 7.97. The fraction of sp³-hybridized carbons (Fsp3) is 0.455. The maximum absolute atomic E-state index is 5.60. The van der Waals surface area contributed by atoms with Crippen LogP contribution in [0.25, 0.3) is 0 Å². The van der Waals surface area contributed by atoms with E-state index < -0.39 is 0 Å². The van der Waals surface area contributed by atoms with Crippen LogP contribution in [-0.4, -0.2) is 20.3 Å². The van der Waals surface area contributed by atoms with Gasteiger partial charge in [-0.05, 0) is 24.1 Å². The Labute approximate surface area is 84.0 Å². The van der Waals surface area contributed by atoms with Crippen LogP contribution in [0.5, 0.6) is 5.75 Å². The molecule has 1 atom stereocenters. The molecule has 2 rings (SSSR count). The fourth-order valence-corrected chi connectivity index (χ4v) is 1.58. The van der Waals surface area contributed by atoms with Crippen molar-refractivity contribution < 1.29 is 9.47 Å². The topological polar surface area (TPSA) is 30.5 Å². The van der Waals surface area contributed by atoms with Crippen LogP contribution in [-0.2, 0) is 4.74 Å². The van der Waals surface area contributed by atoms with Crippen LogP contribution >= 0.6 is 0 Å². The Morgan fingerprint density at radius 3 is 3.14 bits per heavy atom. The van der Waals surface area contributed by atoms with Crippen molar-refractivity contribution >= 4 is 0 Å². The van der Waals surface area contributed by atoms with Crippen LogP contribution < -0.4 is 10.1 Å². The maximum atomic E-state index is 5.60. The van der Waals surface area contributed by atoms with Crippen LogP contribution in [0, 0.1) is 0 Å². The van der Waals surface area contributed by atoms with Crippen LogP contribution in [0.3, 0.4) is 0 Å². The van der Waals surface area contributed by atoms with Gasteiger partial charge in [-0.2, -0.15) is 0 Å². The normalized spacial score (nSPS) is 21.9. The molecule has 1 saturated heterocycles. The lowest BCUT2D eigenvalue weighted by molar-refractivity contribution is -0.000418. The van der Waals surface area contributed by atoms with Gasteiger partial charge in [-0.1, -0.05) is 12.1 Å². The van der Waals surface area contributed by atoms with Gasteiger partial charge in [0.1, 0.15) is 12.0 Å². The zero-order valence-corrected chi connectivity index (χ0v) is 8.32. The number of benzene rings is 1. The lowest BCUT2D eigenvalue weighted by Crippen LogP contribution is -2.31. The van der Waals surface area contributed by atoms with E-state index in [9.17, 15) is 0 Å². The number of nitrogens with one attached hydrogen (secondary N) is 1. The van der Waals surface area contributed by atoms with Crippen LogP contribution in [0.4, 0.5) is 0 Å². The highest BCUT2D eigenvalue weighted by molar-refractivity contribution is 5.29. The standard InChI is InChI=1S/C11H15NO2/c1-13-10-5-2-4-9(8-10)11-12-6-3-7-14-11/h2,4-5,8,11-12H,3,6-7H2,1H3. The number of ether oxygens (including phenoxy) is 2. The molecule has 0 bridgehead atoms. The SMILES string of the molecule is COc1cccc(C2NCCCO2)c1. The van der Waals surface area contributed by atoms with Gasteiger partial charge < -0.3 is 9.47 Å². The van der Waals surface area contributed by atoms with E-state index in [0.717, 1.165) is 30.9 Å². The van der Waals surface area contributed by atoms with Gasteiger partial charge in [0.15, 0.2) is 0 Å². The van der Waals surface area contributed by atoms with E-state index in [0.29, 0.717) is 0 Å². The van der Waals surface area contributed by atoms with E-state index in [2.05, 4.69) is 5.32 Å². The molecule has 1 fully saturated rings. The Morgan fingerprint density at radius 2 is 2.43 bits per heavy atom. The highest BCUT2D eigenvalue weighted by Gasteiger charge is 2.14. The molecular weight excluding hydrogens is 178 g/mol. The van der Waals surface area contributed by atoms with Crippen LogP contribution in [0.1, 0.15) is 18.2 Å². The fourth-order valence-electron chi connectivity index (χ4n) is 1.58. The van der Waals surface area contributed by atoms with Crippen molar-refractivity contribution in [1.82, 2.24) is 5.32 Å². The van der Waals surface area contributed by atoms with Crippen molar-refractivity contribution in [2.24, 2.45) is 0 Å². The van der Waals surface area contributed by atoms with E-state index in [1.54, 1.807) is 7.11 Å². The average Bonchev–Trinajstić information content (AvgIpc) is 2.30. The Morgan fingerprint density at radius 1 is 1.50 bits per heavy atom. The summed E-state index contributed by atoms with van der Waals surface area (Å²) in [5.74, 6) is 0.874. The zero-order chi connectivity index (χ0) is 9.80. The first-order valence-electron chi connectivity index (χ1n) is 4.89. The van der Waals surface area contributed by atoms with Gasteiger partial charge >= 0.3 is 0 Å². The quantitative estimate of drug-likeness (QED) is 0.775. The predicted octanol–water partition coefficient (Wildman–Crippen LogP) is 1.70. The summed E-state index contributed by atoms with van der Waals surface area (Å²) in [7, 11) is 1.67. The second kappa shape index (κ2) is 4.44. The van der Waals surface area contributed by atoms with Crippen LogP contribution in [0.15, 0.2) is 24.3 Å². The molecule has 1 aliphatic rings. The van der Waals surface area contributed by atoms with Gasteiger partial charge in [0, 0.05) is 6.54 Å². The third kappa shape index (κ3) is 2.05. The average molecular weight is 193 g/mol. The van der Waals surface area contributed by atoms with Crippen molar-refractivity contribution in [3.63, 3.8) is 0 Å². The molecule has 3 heteroatoms. The smallest absolute Gasteiger partial charge is 0.134 e. The monoisotopic (exact) mass is 193 g/mol. The number of methoxy groups -OCH3 is 1. The molecule has 76 valence electrons. The molecule has 0 radical (unpaired) electrons. The molecule has 1 unspecified atom stereocenters. The minimum atomic E-state index is 0.0267. The minimum Gasteiger partial charge on any atom is -0.497 e. The third-order valence-electron chi connectivity index (χ3n) is 2.33. The second-order valence-corrected chi connectivity index (χ2v) is 3.34. The van der Waals surface area contributed by atoms with Gasteiger partial charge in [-0.25, -0.2) is 0 Å². The highest BCUT2D eigenvalue weighted by atomic mass is 16.5. The zero-order valence-electron chi connectivity index (χ0n) is 8.32. The molecule has 0 saturated carbocycles. The van der Waals surface area contributed by atoms with Gasteiger partial charge in [0.25, 0.3) is 0 Å². The summed E-state index contributed by atoms with van der Waals surface area (Å²) < 4.78 is 10.8. The Bertz CT molecular complexity index is 295. The van der Waals surface area contributed by atoms with Crippen molar-refractivity contribution in [1.29, 1.82) is 0 Å². The van der Waals surface area contributed by atoms with Gasteiger partial charge in [0.05, 0.1) is 13.7 Å². The molecule has 1 aromatic rings. The molecular formula is C11H15NO2. The van der Waals surface area contributed by atoms with E-state index >= 15 is 0 Å². The van der Waals surface area contributed by atoms with Gasteiger partial charge in [0.2, 0.25) is 0 Å². The summed E-state index contributed by atoms with van der Waals surface area (Å²) in [6.45, 7) is 1.84. The Balaban J connectivity index is 2.13. The third-order valence-corrected chi connectivity index (χ3v) is 2.33. The van der Waals surface area contributed by atoms with Crippen molar-refractivity contribution in [2.75, 3.05) is 20.3 Å². The Kier molecular flexibility index (Phi) is 3.01. The molecule has 0 amide bonds. The molecule has 1 heterocycles. The summed E-state index contributed by atoms with van der Waals surface area (Å²) in [6.07, 6.45) is 1.11. The first-order chi connectivity index (χ1) is 6.90. The summed E-state index contributed by atoms with van der Waals surface area (Å²) in [5, 5.41) is 3.31. The van der Waals surface area contributed by atoms with Crippen molar-refractivity contribution in [3.8, 4) is 5.75 Å². The summed E-state index contributed by atoms with van der Waals surface area (Å²) >= 11 is 0. The molecule has 0 spiro atoms. The number of hydrogen-bond donors (Lipinski definition) is 1. The summed E-state index contributed by atoms with van der Waals surface area (Å²) in [5.41, 5.74) is 1.13. The maximum Gasteiger partial charge on any atom is 0.134 e. The van der Waals surface area contributed by atoms with E-state index in [1.807, 2.05) is 24.3 Å². The molecule has 1 aromatic carbocycles. The largest absolute Gasteiger partial charge is 0.497 e. The van der Waals surface area contributed by atoms with Gasteiger partial charge in [-0.15, -0.1) is 0 Å². The summed E-state index contributed by atoms with van der Waals surface area (Å²) in [4.78, 5) is 0. The highest BCUT2D eigenvalue weighted by Crippen LogP contribution is 2.21. The first-order valence-corrected chi connectivity index (χ1v) is 4.89. The first kappa shape index (κ1) is 9.49. The molecule has 3 nitrogen and oxygen atoms in total. The van der Waals surface area contributed by atoms with E-state index in [1.165, 1.54) is 0 Å². The molecule has 1 N–H and O–H groups in total. The molecule has 14 heavy (non-hydrogen) atoms. The number of rotatable bonds is 2. The second-order valence-electron chi connectivity index (χ2n) is 3.34. The lowest BCUT2D eigenvalue weighted by atomic mass is 10.1. The van der Waals surface area contributed by atoms with Crippen molar-refractivity contribution in [2.45, 2.75) is 12.6 Å². The lowest BCUT2D eigenvalue weighted by Gasteiger charge is -2.24. The number of hydrogen-bond acceptors (Lipinski definition) is 3.